The van der Waals surface area contributed by atoms with Crippen molar-refractivity contribution in [2.75, 3.05) is 11.5 Å². The zero-order chi connectivity index (χ0) is 26.6. The zero-order valence-electron chi connectivity index (χ0n) is 21.0. The van der Waals surface area contributed by atoms with Gasteiger partial charge in [-0.05, 0) is 67.4 Å². The van der Waals surface area contributed by atoms with Crippen molar-refractivity contribution >= 4 is 23.3 Å². The summed E-state index contributed by atoms with van der Waals surface area (Å²) in [7, 11) is 0. The maximum Gasteiger partial charge on any atom is 0.301 e. The molecule has 4 aromatic rings. The molecule has 8 nitrogen and oxygen atoms in total. The molecule has 1 aliphatic rings. The number of nitrogens with zero attached hydrogens (tertiary/aromatic N) is 2. The fourth-order valence-electron chi connectivity index (χ4n) is 4.31. The third-order valence-electron chi connectivity index (χ3n) is 6.06. The first-order valence-corrected chi connectivity index (χ1v) is 12.3. The average Bonchev–Trinajstić information content (AvgIpc) is 3.48. The molecule has 38 heavy (non-hydrogen) atoms. The van der Waals surface area contributed by atoms with Crippen LogP contribution in [-0.4, -0.2) is 28.6 Å². The van der Waals surface area contributed by atoms with Gasteiger partial charge in [0, 0.05) is 11.6 Å². The van der Waals surface area contributed by atoms with Crippen LogP contribution in [0, 0.1) is 6.92 Å². The first kappa shape index (κ1) is 24.8. The first-order chi connectivity index (χ1) is 18.5. The predicted molar refractivity (Wildman–Crippen MR) is 141 cm³/mol. The second-order valence-electron chi connectivity index (χ2n) is 8.83. The molecule has 1 unspecified atom stereocenters. The van der Waals surface area contributed by atoms with Gasteiger partial charge in [-0.15, -0.1) is 0 Å². The summed E-state index contributed by atoms with van der Waals surface area (Å²) in [6.07, 6.45) is 0.861. The lowest BCUT2D eigenvalue weighted by Crippen LogP contribution is -2.29. The number of aryl methyl sites for hydroxylation is 1. The molecule has 1 atom stereocenters. The molecular weight excluding hydrogens is 484 g/mol. The van der Waals surface area contributed by atoms with E-state index in [2.05, 4.69) is 5.16 Å². The van der Waals surface area contributed by atoms with E-state index in [0.29, 0.717) is 40.7 Å². The Morgan fingerprint density at radius 3 is 2.37 bits per heavy atom. The van der Waals surface area contributed by atoms with Gasteiger partial charge < -0.3 is 19.1 Å². The molecule has 1 amide bonds. The summed E-state index contributed by atoms with van der Waals surface area (Å²) in [6.45, 7) is 4.27. The van der Waals surface area contributed by atoms with Gasteiger partial charge in [0.1, 0.15) is 28.8 Å². The Morgan fingerprint density at radius 1 is 0.947 bits per heavy atom. The number of anilines is 1. The van der Waals surface area contributed by atoms with Gasteiger partial charge in [-0.2, -0.15) is 0 Å². The summed E-state index contributed by atoms with van der Waals surface area (Å²) in [5, 5.41) is 15.3. The summed E-state index contributed by atoms with van der Waals surface area (Å²) in [5.41, 5.74) is 0.877. The van der Waals surface area contributed by atoms with Gasteiger partial charge in [-0.3, -0.25) is 14.5 Å². The normalized spacial score (nSPS) is 16.6. The molecule has 1 aromatic heterocycles. The summed E-state index contributed by atoms with van der Waals surface area (Å²) in [4.78, 5) is 27.9. The van der Waals surface area contributed by atoms with Crippen LogP contribution in [0.15, 0.2) is 95.0 Å². The summed E-state index contributed by atoms with van der Waals surface area (Å²) >= 11 is 0. The van der Waals surface area contributed by atoms with E-state index < -0.39 is 17.7 Å². The van der Waals surface area contributed by atoms with Gasteiger partial charge in [0.05, 0.1) is 18.2 Å². The van der Waals surface area contributed by atoms with Crippen molar-refractivity contribution in [3.8, 4) is 17.2 Å². The van der Waals surface area contributed by atoms with E-state index in [0.717, 1.165) is 6.42 Å². The quantitative estimate of drug-likeness (QED) is 0.171. The third kappa shape index (κ3) is 4.88. The molecule has 1 fully saturated rings. The van der Waals surface area contributed by atoms with Crippen molar-refractivity contribution in [2.24, 2.45) is 0 Å². The molecule has 1 N–H and O–H groups in total. The SMILES string of the molecule is CCCOc1ccc(/C(O)=C2/C(=O)C(=O)N(c3cc(C)on3)C2c2cccc(Oc3ccccc3)c2)cc1. The molecular formula is C30H26N2O6. The monoisotopic (exact) mass is 510 g/mol. The largest absolute Gasteiger partial charge is 0.507 e. The topological polar surface area (TPSA) is 102 Å². The van der Waals surface area contributed by atoms with Gasteiger partial charge in [0.15, 0.2) is 5.82 Å². The second kappa shape index (κ2) is 10.6. The minimum absolute atomic E-state index is 0.0604. The number of amides is 1. The highest BCUT2D eigenvalue weighted by atomic mass is 16.5. The van der Waals surface area contributed by atoms with E-state index >= 15 is 0 Å². The number of Topliss-reactive ketones (excluding diaryl/α,β-unsaturated/α-hetero) is 1. The lowest BCUT2D eigenvalue weighted by atomic mass is 9.95. The highest BCUT2D eigenvalue weighted by molar-refractivity contribution is 6.51. The number of hydrogen-bond acceptors (Lipinski definition) is 7. The molecule has 5 rings (SSSR count). The highest BCUT2D eigenvalue weighted by Gasteiger charge is 2.48. The van der Waals surface area contributed by atoms with Crippen LogP contribution in [0.3, 0.4) is 0 Å². The van der Waals surface area contributed by atoms with Gasteiger partial charge in [0.25, 0.3) is 5.78 Å². The van der Waals surface area contributed by atoms with Crippen molar-refractivity contribution in [1.82, 2.24) is 5.16 Å². The number of ether oxygens (including phenoxy) is 2. The summed E-state index contributed by atoms with van der Waals surface area (Å²) in [5.74, 6) is 0.493. The maximum atomic E-state index is 13.4. The Labute approximate surface area is 219 Å². The van der Waals surface area contributed by atoms with Gasteiger partial charge in [-0.25, -0.2) is 0 Å². The summed E-state index contributed by atoms with van der Waals surface area (Å²) < 4.78 is 16.8. The van der Waals surface area contributed by atoms with Crippen molar-refractivity contribution in [3.63, 3.8) is 0 Å². The predicted octanol–water partition coefficient (Wildman–Crippen LogP) is 6.19. The van der Waals surface area contributed by atoms with Gasteiger partial charge in [0.2, 0.25) is 0 Å². The number of carbonyl (C=O) groups excluding carboxylic acids is 2. The number of ketones is 1. The van der Waals surface area contributed by atoms with Crippen LogP contribution in [0.1, 0.15) is 36.3 Å². The Kier molecular flexibility index (Phi) is 6.95. The second-order valence-corrected chi connectivity index (χ2v) is 8.83. The summed E-state index contributed by atoms with van der Waals surface area (Å²) in [6, 6.07) is 23.6. The maximum absolute atomic E-state index is 13.4. The molecule has 0 radical (unpaired) electrons. The Hall–Kier alpha value is -4.85. The number of carbonyl (C=O) groups is 2. The van der Waals surface area contributed by atoms with E-state index in [1.165, 1.54) is 4.90 Å². The van der Waals surface area contributed by atoms with Gasteiger partial charge >= 0.3 is 5.91 Å². The van der Waals surface area contributed by atoms with Crippen LogP contribution in [0.4, 0.5) is 5.82 Å². The van der Waals surface area contributed by atoms with E-state index in [1.807, 2.05) is 37.3 Å². The molecule has 0 spiro atoms. The minimum atomic E-state index is -0.963. The van der Waals surface area contributed by atoms with Crippen molar-refractivity contribution in [1.29, 1.82) is 0 Å². The van der Waals surface area contributed by atoms with E-state index in [-0.39, 0.29) is 17.2 Å². The minimum Gasteiger partial charge on any atom is -0.507 e. The number of benzene rings is 3. The number of aliphatic hydroxyl groups excluding tert-OH is 1. The van der Waals surface area contributed by atoms with Crippen molar-refractivity contribution in [3.05, 3.63) is 107 Å². The Morgan fingerprint density at radius 2 is 1.68 bits per heavy atom. The molecule has 8 heteroatoms. The number of para-hydroxylation sites is 1. The van der Waals surface area contributed by atoms with E-state index in [9.17, 15) is 14.7 Å². The Bertz CT molecular complexity index is 1490. The van der Waals surface area contributed by atoms with Crippen LogP contribution >= 0.6 is 0 Å². The highest BCUT2D eigenvalue weighted by Crippen LogP contribution is 2.43. The molecule has 3 aromatic carbocycles. The number of hydrogen-bond donors (Lipinski definition) is 1. The molecule has 1 saturated heterocycles. The molecule has 1 aliphatic heterocycles. The van der Waals surface area contributed by atoms with E-state index in [4.69, 9.17) is 14.0 Å². The lowest BCUT2D eigenvalue weighted by molar-refractivity contribution is -0.132. The first-order valence-electron chi connectivity index (χ1n) is 12.3. The van der Waals surface area contributed by atoms with Crippen LogP contribution < -0.4 is 14.4 Å². The van der Waals surface area contributed by atoms with Crippen LogP contribution in [0.25, 0.3) is 5.76 Å². The molecule has 0 saturated carbocycles. The van der Waals surface area contributed by atoms with Crippen LogP contribution in [0.2, 0.25) is 0 Å². The van der Waals surface area contributed by atoms with Crippen molar-refractivity contribution < 1.29 is 28.7 Å². The molecule has 192 valence electrons. The standard InChI is InChI=1S/C30H26N2O6/c1-3-16-36-22-14-12-20(13-15-22)28(33)26-27(32(30(35)29(26)34)25-17-19(2)38-31-25)21-8-7-11-24(18-21)37-23-9-5-4-6-10-23/h4-15,17-18,27,33H,3,16H2,1-2H3/b28-26-. The average molecular weight is 511 g/mol. The molecule has 0 aliphatic carbocycles. The molecule has 0 bridgehead atoms. The Balaban J connectivity index is 1.60. The third-order valence-corrected chi connectivity index (χ3v) is 6.06. The fraction of sp³-hybridized carbons (Fsp3) is 0.167. The van der Waals surface area contributed by atoms with Gasteiger partial charge in [-0.1, -0.05) is 42.4 Å². The van der Waals surface area contributed by atoms with Crippen LogP contribution in [0.5, 0.6) is 17.2 Å². The number of aromatic nitrogens is 1. The number of rotatable bonds is 8. The van der Waals surface area contributed by atoms with Crippen molar-refractivity contribution in [2.45, 2.75) is 26.3 Å². The molecule has 2 heterocycles. The van der Waals surface area contributed by atoms with Crippen LogP contribution in [-0.2, 0) is 9.59 Å². The lowest BCUT2D eigenvalue weighted by Gasteiger charge is -2.23. The fourth-order valence-corrected chi connectivity index (χ4v) is 4.31. The smallest absolute Gasteiger partial charge is 0.301 e. The van der Waals surface area contributed by atoms with E-state index in [1.54, 1.807) is 61.5 Å². The number of aliphatic hydroxyl groups is 1. The zero-order valence-corrected chi connectivity index (χ0v) is 21.0.